The Hall–Kier alpha value is -3.13. The molecule has 0 radical (unpaired) electrons. The molecule has 2 amide bonds. The van der Waals surface area contributed by atoms with Crippen molar-refractivity contribution in [3.63, 3.8) is 0 Å². The highest BCUT2D eigenvalue weighted by atomic mass is 16.5. The molecule has 3 aromatic rings. The van der Waals surface area contributed by atoms with Crippen molar-refractivity contribution in [2.45, 2.75) is 20.3 Å². The molecule has 0 atom stereocenters. The summed E-state index contributed by atoms with van der Waals surface area (Å²) in [6.07, 6.45) is 0.103. The number of rotatable bonds is 4. The van der Waals surface area contributed by atoms with Crippen LogP contribution in [0.2, 0.25) is 0 Å². The maximum absolute atomic E-state index is 13.0. The van der Waals surface area contributed by atoms with Crippen LogP contribution >= 0.6 is 0 Å². The van der Waals surface area contributed by atoms with Crippen molar-refractivity contribution >= 4 is 28.5 Å². The molecule has 1 aromatic carbocycles. The molecular formula is C20H21N3O5. The minimum Gasteiger partial charge on any atom is -0.449 e. The van der Waals surface area contributed by atoms with Crippen molar-refractivity contribution in [3.05, 3.63) is 47.0 Å². The first-order valence-electron chi connectivity index (χ1n) is 9.14. The van der Waals surface area contributed by atoms with Gasteiger partial charge >= 0.3 is 0 Å². The predicted octanol–water partition coefficient (Wildman–Crippen LogP) is 2.69. The fourth-order valence-corrected chi connectivity index (χ4v) is 3.33. The van der Waals surface area contributed by atoms with Crippen molar-refractivity contribution in [3.8, 4) is 0 Å². The van der Waals surface area contributed by atoms with Crippen molar-refractivity contribution in [1.29, 1.82) is 0 Å². The molecule has 1 N–H and O–H groups in total. The number of nitrogens with one attached hydrogen (secondary N) is 1. The molecule has 1 aliphatic rings. The van der Waals surface area contributed by atoms with Gasteiger partial charge in [-0.1, -0.05) is 17.3 Å². The normalized spacial score (nSPS) is 14.4. The standard InChI is InChI=1S/C20H21N3O5/c1-12-15(13(2)28-22-12)11-17(24)21-18-14-5-3-4-6-16(14)27-19(18)20(25)23-7-9-26-10-8-23/h3-6H,7-11H2,1-2H3,(H,21,24). The fraction of sp³-hybridized carbons (Fsp3) is 0.350. The van der Waals surface area contributed by atoms with Crippen LogP contribution in [0.15, 0.2) is 33.2 Å². The second-order valence-electron chi connectivity index (χ2n) is 6.73. The Morgan fingerprint density at radius 2 is 1.93 bits per heavy atom. The summed E-state index contributed by atoms with van der Waals surface area (Å²) < 4.78 is 16.3. The van der Waals surface area contributed by atoms with Crippen molar-refractivity contribution in [1.82, 2.24) is 10.1 Å². The number of aromatic nitrogens is 1. The molecule has 4 rings (SSSR count). The van der Waals surface area contributed by atoms with E-state index in [0.717, 1.165) is 5.56 Å². The highest BCUT2D eigenvalue weighted by Gasteiger charge is 2.28. The first-order chi connectivity index (χ1) is 13.5. The van der Waals surface area contributed by atoms with Crippen LogP contribution in [-0.4, -0.2) is 48.2 Å². The van der Waals surface area contributed by atoms with E-state index in [1.54, 1.807) is 24.8 Å². The van der Waals surface area contributed by atoms with Gasteiger partial charge < -0.3 is 23.9 Å². The van der Waals surface area contributed by atoms with Crippen LogP contribution < -0.4 is 5.32 Å². The van der Waals surface area contributed by atoms with Crippen LogP contribution in [-0.2, 0) is 16.0 Å². The molecule has 1 saturated heterocycles. The van der Waals surface area contributed by atoms with Gasteiger partial charge in [0.25, 0.3) is 5.91 Å². The summed E-state index contributed by atoms with van der Waals surface area (Å²) in [6, 6.07) is 7.25. The number of hydrogen-bond acceptors (Lipinski definition) is 6. The minimum atomic E-state index is -0.267. The number of para-hydroxylation sites is 1. The van der Waals surface area contributed by atoms with Crippen LogP contribution in [0.5, 0.6) is 0 Å². The summed E-state index contributed by atoms with van der Waals surface area (Å²) in [6.45, 7) is 5.51. The maximum Gasteiger partial charge on any atom is 0.291 e. The molecule has 1 aliphatic heterocycles. The Morgan fingerprint density at radius 3 is 2.64 bits per heavy atom. The van der Waals surface area contributed by atoms with E-state index in [2.05, 4.69) is 10.5 Å². The number of hydrogen-bond donors (Lipinski definition) is 1. The number of benzene rings is 1. The number of aryl methyl sites for hydroxylation is 2. The maximum atomic E-state index is 13.0. The zero-order chi connectivity index (χ0) is 19.7. The summed E-state index contributed by atoms with van der Waals surface area (Å²) in [7, 11) is 0. The third-order valence-corrected chi connectivity index (χ3v) is 4.87. The molecular weight excluding hydrogens is 362 g/mol. The highest BCUT2D eigenvalue weighted by molar-refractivity contribution is 6.11. The van der Waals surface area contributed by atoms with E-state index in [4.69, 9.17) is 13.7 Å². The fourth-order valence-electron chi connectivity index (χ4n) is 3.33. The van der Waals surface area contributed by atoms with Gasteiger partial charge in [-0.3, -0.25) is 9.59 Å². The Labute approximate surface area is 161 Å². The molecule has 8 nitrogen and oxygen atoms in total. The van der Waals surface area contributed by atoms with E-state index in [0.29, 0.717) is 54.4 Å². The molecule has 0 unspecified atom stereocenters. The van der Waals surface area contributed by atoms with Crippen molar-refractivity contribution < 1.29 is 23.3 Å². The van der Waals surface area contributed by atoms with Crippen LogP contribution in [0, 0.1) is 13.8 Å². The number of carbonyl (C=O) groups excluding carboxylic acids is 2. The zero-order valence-corrected chi connectivity index (χ0v) is 15.8. The number of ether oxygens (including phenoxy) is 1. The Kier molecular flexibility index (Phi) is 4.87. The molecule has 0 saturated carbocycles. The van der Waals surface area contributed by atoms with Crippen LogP contribution in [0.1, 0.15) is 27.6 Å². The van der Waals surface area contributed by atoms with Crippen LogP contribution in [0.3, 0.4) is 0 Å². The third kappa shape index (κ3) is 3.38. The van der Waals surface area contributed by atoms with Crippen molar-refractivity contribution in [2.24, 2.45) is 0 Å². The van der Waals surface area contributed by atoms with Gasteiger partial charge in [-0.15, -0.1) is 0 Å². The molecule has 0 spiro atoms. The van der Waals surface area contributed by atoms with E-state index in [9.17, 15) is 9.59 Å². The molecule has 28 heavy (non-hydrogen) atoms. The number of amides is 2. The lowest BCUT2D eigenvalue weighted by Gasteiger charge is -2.26. The van der Waals surface area contributed by atoms with E-state index in [-0.39, 0.29) is 24.0 Å². The Morgan fingerprint density at radius 1 is 1.18 bits per heavy atom. The minimum absolute atomic E-state index is 0.103. The number of anilines is 1. The van der Waals surface area contributed by atoms with Crippen LogP contribution in [0.25, 0.3) is 11.0 Å². The second kappa shape index (κ2) is 7.47. The van der Waals surface area contributed by atoms with Gasteiger partial charge in [0.1, 0.15) is 17.0 Å². The van der Waals surface area contributed by atoms with Crippen molar-refractivity contribution in [2.75, 3.05) is 31.6 Å². The molecule has 0 bridgehead atoms. The van der Waals surface area contributed by atoms with E-state index < -0.39 is 0 Å². The first kappa shape index (κ1) is 18.2. The summed E-state index contributed by atoms with van der Waals surface area (Å²) in [5, 5.41) is 7.43. The van der Waals surface area contributed by atoms with Gasteiger partial charge in [-0.25, -0.2) is 0 Å². The smallest absolute Gasteiger partial charge is 0.291 e. The lowest BCUT2D eigenvalue weighted by molar-refractivity contribution is -0.115. The number of carbonyl (C=O) groups is 2. The third-order valence-electron chi connectivity index (χ3n) is 4.87. The van der Waals surface area contributed by atoms with Gasteiger partial charge in [-0.05, 0) is 26.0 Å². The average Bonchev–Trinajstić information content (AvgIpc) is 3.23. The molecule has 1 fully saturated rings. The topological polar surface area (TPSA) is 97.8 Å². The zero-order valence-electron chi connectivity index (χ0n) is 15.8. The van der Waals surface area contributed by atoms with Gasteiger partial charge in [-0.2, -0.15) is 0 Å². The van der Waals surface area contributed by atoms with E-state index >= 15 is 0 Å². The summed E-state index contributed by atoms with van der Waals surface area (Å²) in [5.41, 5.74) is 2.36. The van der Waals surface area contributed by atoms with E-state index in [1.807, 2.05) is 18.2 Å². The average molecular weight is 383 g/mol. The summed E-state index contributed by atoms with van der Waals surface area (Å²) in [4.78, 5) is 27.4. The molecule has 8 heteroatoms. The number of fused-ring (bicyclic) bond motifs is 1. The largest absolute Gasteiger partial charge is 0.449 e. The summed E-state index contributed by atoms with van der Waals surface area (Å²) >= 11 is 0. The first-order valence-corrected chi connectivity index (χ1v) is 9.14. The molecule has 2 aromatic heterocycles. The van der Waals surface area contributed by atoms with Gasteiger partial charge in [0.15, 0.2) is 0 Å². The lowest BCUT2D eigenvalue weighted by atomic mass is 10.1. The van der Waals surface area contributed by atoms with Gasteiger partial charge in [0.05, 0.1) is 25.3 Å². The monoisotopic (exact) mass is 383 g/mol. The Bertz CT molecular complexity index is 1010. The number of furan rings is 1. The quantitative estimate of drug-likeness (QED) is 0.744. The number of morpholine rings is 1. The second-order valence-corrected chi connectivity index (χ2v) is 6.73. The van der Waals surface area contributed by atoms with Gasteiger partial charge in [0.2, 0.25) is 11.7 Å². The highest BCUT2D eigenvalue weighted by Crippen LogP contribution is 2.32. The Balaban J connectivity index is 1.65. The van der Waals surface area contributed by atoms with Gasteiger partial charge in [0, 0.05) is 24.0 Å². The summed E-state index contributed by atoms with van der Waals surface area (Å²) in [5.74, 6) is 0.216. The molecule has 146 valence electrons. The molecule has 0 aliphatic carbocycles. The predicted molar refractivity (Wildman–Crippen MR) is 101 cm³/mol. The van der Waals surface area contributed by atoms with Crippen LogP contribution in [0.4, 0.5) is 5.69 Å². The number of nitrogens with zero attached hydrogens (tertiary/aromatic N) is 2. The lowest BCUT2D eigenvalue weighted by Crippen LogP contribution is -2.40. The van der Waals surface area contributed by atoms with E-state index in [1.165, 1.54) is 0 Å². The molecule has 3 heterocycles. The SMILES string of the molecule is Cc1noc(C)c1CC(=O)Nc1c(C(=O)N2CCOCC2)oc2ccccc12.